The number of non-ortho nitro benzene ring substituents is 1. The highest BCUT2D eigenvalue weighted by Crippen LogP contribution is 2.45. The minimum atomic E-state index is -2.05. The number of aryl methyl sites for hydroxylation is 2. The minimum absolute atomic E-state index is 0.142. The van der Waals surface area contributed by atoms with Crippen molar-refractivity contribution in [1.29, 1.82) is 0 Å². The van der Waals surface area contributed by atoms with Gasteiger partial charge >= 0.3 is 0 Å². The Morgan fingerprint density at radius 3 is 2.45 bits per heavy atom. The van der Waals surface area contributed by atoms with E-state index in [9.17, 15) is 24.8 Å². The molecular weight excluding hydrogens is 488 g/mol. The molecule has 0 bridgehead atoms. The number of carbonyl (C=O) groups excluding carboxylic acids is 2. The van der Waals surface area contributed by atoms with Crippen LogP contribution in [0.3, 0.4) is 0 Å². The van der Waals surface area contributed by atoms with E-state index in [0.717, 1.165) is 16.7 Å². The molecule has 0 spiro atoms. The summed E-state index contributed by atoms with van der Waals surface area (Å²) < 4.78 is 0.670. The number of Topliss-reactive ketones (excluding diaryl/α,β-unsaturated/α-hetero) is 1. The monoisotopic (exact) mass is 508 g/mol. The number of nitrogens with zero attached hydrogens (tertiary/aromatic N) is 2. The number of fused-ring (bicyclic) bond motifs is 1. The van der Waals surface area contributed by atoms with E-state index in [1.54, 1.807) is 18.2 Å². The molecule has 8 heteroatoms. The van der Waals surface area contributed by atoms with Crippen molar-refractivity contribution in [2.24, 2.45) is 0 Å². The van der Waals surface area contributed by atoms with Gasteiger partial charge in [-0.05, 0) is 55.3 Å². The number of nitro groups is 1. The standard InChI is InChI=1S/C25H21BrN2O5/c1-15-3-4-16(2)18(11-15)14-27-22-10-7-19(26)12-21(22)25(31,24(27)30)13-23(29)17-5-8-20(9-6-17)28(32)33/h3-12,31H,13-14H2,1-2H3/t25-/m0/s1. The van der Waals surface area contributed by atoms with E-state index in [0.29, 0.717) is 15.7 Å². The average Bonchev–Trinajstić information content (AvgIpc) is 2.97. The predicted octanol–water partition coefficient (Wildman–Crippen LogP) is 4.98. The molecule has 4 rings (SSSR count). The molecule has 0 radical (unpaired) electrons. The van der Waals surface area contributed by atoms with Crippen LogP contribution in [0.4, 0.5) is 11.4 Å². The first-order valence-corrected chi connectivity index (χ1v) is 11.1. The fourth-order valence-electron chi connectivity index (χ4n) is 4.09. The second kappa shape index (κ2) is 8.53. The highest BCUT2D eigenvalue weighted by Gasteiger charge is 2.51. The molecule has 7 nitrogen and oxygen atoms in total. The summed E-state index contributed by atoms with van der Waals surface area (Å²) in [6.45, 7) is 4.19. The second-order valence-electron chi connectivity index (χ2n) is 8.25. The molecule has 0 unspecified atom stereocenters. The van der Waals surface area contributed by atoms with Gasteiger partial charge in [-0.3, -0.25) is 19.7 Å². The van der Waals surface area contributed by atoms with Crippen molar-refractivity contribution in [2.75, 3.05) is 4.90 Å². The van der Waals surface area contributed by atoms with E-state index < -0.39 is 28.6 Å². The number of ketones is 1. The van der Waals surface area contributed by atoms with E-state index in [4.69, 9.17) is 0 Å². The lowest BCUT2D eigenvalue weighted by Gasteiger charge is -2.23. The highest BCUT2D eigenvalue weighted by molar-refractivity contribution is 9.10. The maximum atomic E-state index is 13.5. The van der Waals surface area contributed by atoms with Crippen molar-refractivity contribution < 1.29 is 19.6 Å². The van der Waals surface area contributed by atoms with E-state index in [2.05, 4.69) is 15.9 Å². The first-order valence-electron chi connectivity index (χ1n) is 10.3. The summed E-state index contributed by atoms with van der Waals surface area (Å²) >= 11 is 3.39. The van der Waals surface area contributed by atoms with Gasteiger partial charge in [-0.25, -0.2) is 0 Å². The molecule has 3 aromatic carbocycles. The van der Waals surface area contributed by atoms with Crippen molar-refractivity contribution in [3.8, 4) is 0 Å². The fraction of sp³-hybridized carbons (Fsp3) is 0.200. The maximum absolute atomic E-state index is 13.5. The van der Waals surface area contributed by atoms with Crippen LogP contribution in [-0.2, 0) is 16.9 Å². The first-order chi connectivity index (χ1) is 15.6. The predicted molar refractivity (Wildman–Crippen MR) is 127 cm³/mol. The zero-order chi connectivity index (χ0) is 23.9. The normalized spacial score (nSPS) is 17.2. The third kappa shape index (κ3) is 4.19. The Labute approximate surface area is 198 Å². The van der Waals surface area contributed by atoms with Crippen LogP contribution in [0.1, 0.15) is 39.0 Å². The van der Waals surface area contributed by atoms with Gasteiger partial charge in [0, 0.05) is 27.7 Å². The number of rotatable bonds is 6. The van der Waals surface area contributed by atoms with Crippen LogP contribution >= 0.6 is 15.9 Å². The number of halogens is 1. The van der Waals surface area contributed by atoms with E-state index in [-0.39, 0.29) is 17.8 Å². The summed E-state index contributed by atoms with van der Waals surface area (Å²) in [7, 11) is 0. The number of anilines is 1. The molecule has 1 amide bonds. The molecule has 3 aromatic rings. The summed E-state index contributed by atoms with van der Waals surface area (Å²) in [5.41, 5.74) is 1.91. The average molecular weight is 509 g/mol. The van der Waals surface area contributed by atoms with Crippen LogP contribution in [0.2, 0.25) is 0 Å². The van der Waals surface area contributed by atoms with Gasteiger partial charge in [0.05, 0.1) is 23.6 Å². The quantitative estimate of drug-likeness (QED) is 0.287. The molecular formula is C25H21BrN2O5. The third-order valence-electron chi connectivity index (χ3n) is 5.94. The Morgan fingerprint density at radius 1 is 1.09 bits per heavy atom. The molecule has 1 atom stereocenters. The number of nitro benzene ring substituents is 1. The van der Waals surface area contributed by atoms with Gasteiger partial charge in [0.15, 0.2) is 11.4 Å². The number of carbonyl (C=O) groups is 2. The van der Waals surface area contributed by atoms with Crippen molar-refractivity contribution in [2.45, 2.75) is 32.4 Å². The molecule has 1 aliphatic heterocycles. The maximum Gasteiger partial charge on any atom is 0.269 e. The lowest BCUT2D eigenvalue weighted by molar-refractivity contribution is -0.384. The Morgan fingerprint density at radius 2 is 1.79 bits per heavy atom. The highest BCUT2D eigenvalue weighted by atomic mass is 79.9. The summed E-state index contributed by atoms with van der Waals surface area (Å²) in [6.07, 6.45) is -0.476. The van der Waals surface area contributed by atoms with Crippen molar-refractivity contribution in [3.05, 3.63) is 103 Å². The van der Waals surface area contributed by atoms with Crippen molar-refractivity contribution in [1.82, 2.24) is 0 Å². The van der Waals surface area contributed by atoms with Gasteiger partial charge in [0.25, 0.3) is 11.6 Å². The van der Waals surface area contributed by atoms with Gasteiger partial charge in [-0.2, -0.15) is 0 Å². The number of benzene rings is 3. The zero-order valence-corrected chi connectivity index (χ0v) is 19.6. The number of aliphatic hydroxyl groups is 1. The summed E-state index contributed by atoms with van der Waals surface area (Å²) in [6, 6.07) is 16.3. The SMILES string of the molecule is Cc1ccc(C)c(CN2C(=O)[C@](O)(CC(=O)c3ccc([N+](=O)[O-])cc3)c3cc(Br)ccc32)c1. The molecule has 0 saturated heterocycles. The molecule has 168 valence electrons. The Hall–Kier alpha value is -3.36. The first kappa shape index (κ1) is 22.8. The van der Waals surface area contributed by atoms with Gasteiger partial charge < -0.3 is 10.0 Å². The zero-order valence-electron chi connectivity index (χ0n) is 18.0. The van der Waals surface area contributed by atoms with Gasteiger partial charge in [0.2, 0.25) is 0 Å². The Bertz CT molecular complexity index is 1290. The third-order valence-corrected chi connectivity index (χ3v) is 6.44. The van der Waals surface area contributed by atoms with E-state index in [1.165, 1.54) is 29.2 Å². The minimum Gasteiger partial charge on any atom is -0.375 e. The van der Waals surface area contributed by atoms with Crippen LogP contribution in [0.15, 0.2) is 65.1 Å². The van der Waals surface area contributed by atoms with Gasteiger partial charge in [-0.15, -0.1) is 0 Å². The second-order valence-corrected chi connectivity index (χ2v) is 9.16. The molecule has 1 heterocycles. The molecule has 1 aliphatic rings. The summed E-state index contributed by atoms with van der Waals surface area (Å²) in [5, 5.41) is 22.4. The van der Waals surface area contributed by atoms with Crippen LogP contribution in [-0.4, -0.2) is 21.7 Å². The molecule has 0 aliphatic carbocycles. The van der Waals surface area contributed by atoms with Gasteiger partial charge in [0.1, 0.15) is 0 Å². The van der Waals surface area contributed by atoms with Crippen molar-refractivity contribution in [3.63, 3.8) is 0 Å². The lowest BCUT2D eigenvalue weighted by atomic mass is 9.88. The molecule has 0 fully saturated rings. The van der Waals surface area contributed by atoms with Crippen LogP contribution in [0, 0.1) is 24.0 Å². The number of amides is 1. The van der Waals surface area contributed by atoms with Crippen LogP contribution in [0.5, 0.6) is 0 Å². The number of hydrogen-bond donors (Lipinski definition) is 1. The Balaban J connectivity index is 1.70. The summed E-state index contributed by atoms with van der Waals surface area (Å²) in [4.78, 5) is 38.3. The molecule has 0 aromatic heterocycles. The summed E-state index contributed by atoms with van der Waals surface area (Å²) in [5.74, 6) is -1.06. The largest absolute Gasteiger partial charge is 0.375 e. The topological polar surface area (TPSA) is 101 Å². The van der Waals surface area contributed by atoms with Gasteiger partial charge in [-0.1, -0.05) is 39.7 Å². The van der Waals surface area contributed by atoms with Crippen LogP contribution < -0.4 is 4.90 Å². The van der Waals surface area contributed by atoms with Crippen molar-refractivity contribution >= 4 is 39.0 Å². The molecule has 0 saturated carbocycles. The van der Waals surface area contributed by atoms with E-state index >= 15 is 0 Å². The Kier molecular flexibility index (Phi) is 5.90. The fourth-order valence-corrected chi connectivity index (χ4v) is 4.46. The molecule has 33 heavy (non-hydrogen) atoms. The molecule has 1 N–H and O–H groups in total. The van der Waals surface area contributed by atoms with E-state index in [1.807, 2.05) is 32.0 Å². The smallest absolute Gasteiger partial charge is 0.269 e. The lowest BCUT2D eigenvalue weighted by Crippen LogP contribution is -2.41. The number of hydrogen-bond acceptors (Lipinski definition) is 5. The van der Waals surface area contributed by atoms with Crippen LogP contribution in [0.25, 0.3) is 0 Å².